The predicted molar refractivity (Wildman–Crippen MR) is 65.3 cm³/mol. The van der Waals surface area contributed by atoms with Crippen LogP contribution in [0.5, 0.6) is 5.75 Å². The molecule has 0 saturated carbocycles. The van der Waals surface area contributed by atoms with E-state index in [9.17, 15) is 5.11 Å². The molecule has 0 saturated heterocycles. The second-order valence-corrected chi connectivity index (χ2v) is 4.29. The van der Waals surface area contributed by atoms with Crippen LogP contribution in [0, 0.1) is 6.92 Å². The Kier molecular flexibility index (Phi) is 5.23. The zero-order chi connectivity index (χ0) is 11.1. The number of rotatable bonds is 6. The Bertz CT molecular complexity index is 291. The minimum absolute atomic E-state index is 0.432. The highest BCUT2D eigenvalue weighted by Gasteiger charge is 1.98. The molecule has 0 amide bonds. The smallest absolute Gasteiger partial charge is 0.118 e. The van der Waals surface area contributed by atoms with Crippen LogP contribution in [-0.2, 0) is 6.42 Å². The van der Waals surface area contributed by atoms with E-state index in [1.165, 1.54) is 37.7 Å². The number of phenolic OH excluding ortho intramolecular Hbond substituents is 1. The second-order valence-electron chi connectivity index (χ2n) is 4.29. The van der Waals surface area contributed by atoms with E-state index in [0.717, 1.165) is 12.0 Å². The van der Waals surface area contributed by atoms with E-state index >= 15 is 0 Å². The van der Waals surface area contributed by atoms with Crippen LogP contribution in [0.2, 0.25) is 0 Å². The molecule has 1 nitrogen and oxygen atoms in total. The number of hydrogen-bond acceptors (Lipinski definition) is 1. The van der Waals surface area contributed by atoms with Crippen molar-refractivity contribution >= 4 is 0 Å². The molecule has 1 heteroatoms. The van der Waals surface area contributed by atoms with Gasteiger partial charge in [-0.25, -0.2) is 0 Å². The van der Waals surface area contributed by atoms with Crippen molar-refractivity contribution in [2.45, 2.75) is 52.4 Å². The van der Waals surface area contributed by atoms with Crippen LogP contribution < -0.4 is 0 Å². The lowest BCUT2D eigenvalue weighted by molar-refractivity contribution is 0.470. The molecule has 0 fully saturated rings. The summed E-state index contributed by atoms with van der Waals surface area (Å²) in [6, 6.07) is 6.01. The Morgan fingerprint density at radius 1 is 1.07 bits per heavy atom. The summed E-state index contributed by atoms with van der Waals surface area (Å²) in [5.41, 5.74) is 2.22. The van der Waals surface area contributed by atoms with Crippen LogP contribution in [0.1, 0.15) is 50.2 Å². The number of hydrogen-bond donors (Lipinski definition) is 1. The van der Waals surface area contributed by atoms with Gasteiger partial charge in [0.15, 0.2) is 0 Å². The lowest BCUT2D eigenvalue weighted by Gasteiger charge is -2.04. The van der Waals surface area contributed by atoms with Crippen molar-refractivity contribution in [1.29, 1.82) is 0 Å². The summed E-state index contributed by atoms with van der Waals surface area (Å²) in [6.07, 6.45) is 7.63. The van der Waals surface area contributed by atoms with Gasteiger partial charge in [0.25, 0.3) is 0 Å². The molecule has 0 heterocycles. The maximum Gasteiger partial charge on any atom is 0.118 e. The standard InChI is InChI=1S/C14H22O/c1-3-4-5-6-7-8-13-10-9-12(2)14(15)11-13/h9-11,15H,3-8H2,1-2H3. The SMILES string of the molecule is CCCCCCCc1ccc(C)c(O)c1. The molecule has 1 aromatic carbocycles. The zero-order valence-corrected chi connectivity index (χ0v) is 9.92. The average Bonchev–Trinajstić information content (AvgIpc) is 2.23. The van der Waals surface area contributed by atoms with E-state index in [-0.39, 0.29) is 0 Å². The van der Waals surface area contributed by atoms with Crippen molar-refractivity contribution in [2.75, 3.05) is 0 Å². The topological polar surface area (TPSA) is 20.2 Å². The summed E-state index contributed by atoms with van der Waals surface area (Å²) in [4.78, 5) is 0. The minimum atomic E-state index is 0.432. The van der Waals surface area contributed by atoms with Gasteiger partial charge in [0, 0.05) is 0 Å². The highest BCUT2D eigenvalue weighted by atomic mass is 16.3. The third kappa shape index (κ3) is 4.37. The van der Waals surface area contributed by atoms with Crippen LogP contribution in [0.3, 0.4) is 0 Å². The molecule has 84 valence electrons. The van der Waals surface area contributed by atoms with Gasteiger partial charge in [-0.05, 0) is 37.0 Å². The molecule has 1 N–H and O–H groups in total. The van der Waals surface area contributed by atoms with E-state index < -0.39 is 0 Å². The van der Waals surface area contributed by atoms with Crippen molar-refractivity contribution in [3.05, 3.63) is 29.3 Å². The van der Waals surface area contributed by atoms with Crippen molar-refractivity contribution in [2.24, 2.45) is 0 Å². The lowest BCUT2D eigenvalue weighted by Crippen LogP contribution is -1.87. The summed E-state index contributed by atoms with van der Waals surface area (Å²) in [7, 11) is 0. The monoisotopic (exact) mass is 206 g/mol. The van der Waals surface area contributed by atoms with Gasteiger partial charge >= 0.3 is 0 Å². The summed E-state index contributed by atoms with van der Waals surface area (Å²) in [6.45, 7) is 4.17. The molecular formula is C14H22O. The van der Waals surface area contributed by atoms with Gasteiger partial charge in [-0.2, -0.15) is 0 Å². The number of phenols is 1. The van der Waals surface area contributed by atoms with E-state index in [0.29, 0.717) is 5.75 Å². The largest absolute Gasteiger partial charge is 0.508 e. The minimum Gasteiger partial charge on any atom is -0.508 e. The fraction of sp³-hybridized carbons (Fsp3) is 0.571. The van der Waals surface area contributed by atoms with Crippen LogP contribution in [0.15, 0.2) is 18.2 Å². The Morgan fingerprint density at radius 3 is 2.47 bits per heavy atom. The average molecular weight is 206 g/mol. The molecule has 0 radical (unpaired) electrons. The third-order valence-electron chi connectivity index (χ3n) is 2.84. The molecule has 1 aromatic rings. The van der Waals surface area contributed by atoms with E-state index in [4.69, 9.17) is 0 Å². The van der Waals surface area contributed by atoms with E-state index in [2.05, 4.69) is 13.0 Å². The first-order valence-electron chi connectivity index (χ1n) is 6.02. The van der Waals surface area contributed by atoms with Gasteiger partial charge in [-0.3, -0.25) is 0 Å². The van der Waals surface area contributed by atoms with Crippen molar-refractivity contribution in [3.63, 3.8) is 0 Å². The van der Waals surface area contributed by atoms with E-state index in [1.54, 1.807) is 0 Å². The third-order valence-corrected chi connectivity index (χ3v) is 2.84. The molecule has 0 aliphatic heterocycles. The Morgan fingerprint density at radius 2 is 1.80 bits per heavy atom. The molecule has 0 aliphatic carbocycles. The quantitative estimate of drug-likeness (QED) is 0.691. The Labute approximate surface area is 93.1 Å². The summed E-state index contributed by atoms with van der Waals surface area (Å²) < 4.78 is 0. The number of aryl methyl sites for hydroxylation is 2. The maximum atomic E-state index is 9.54. The zero-order valence-electron chi connectivity index (χ0n) is 9.92. The van der Waals surface area contributed by atoms with Gasteiger partial charge in [0.05, 0.1) is 0 Å². The first-order chi connectivity index (χ1) is 7.24. The predicted octanol–water partition coefficient (Wildman–Crippen LogP) is 4.21. The van der Waals surface area contributed by atoms with Crippen LogP contribution in [-0.4, -0.2) is 5.11 Å². The Hall–Kier alpha value is -0.980. The normalized spacial score (nSPS) is 10.5. The van der Waals surface area contributed by atoms with Gasteiger partial charge < -0.3 is 5.11 Å². The van der Waals surface area contributed by atoms with Crippen molar-refractivity contribution in [3.8, 4) is 5.75 Å². The molecule has 0 aromatic heterocycles. The van der Waals surface area contributed by atoms with Gasteiger partial charge in [0.2, 0.25) is 0 Å². The molecule has 0 aliphatic rings. The summed E-state index contributed by atoms with van der Waals surface area (Å²) >= 11 is 0. The molecule has 15 heavy (non-hydrogen) atoms. The molecule has 1 rings (SSSR count). The number of benzene rings is 1. The van der Waals surface area contributed by atoms with Crippen molar-refractivity contribution in [1.82, 2.24) is 0 Å². The van der Waals surface area contributed by atoms with E-state index in [1.807, 2.05) is 19.1 Å². The highest BCUT2D eigenvalue weighted by Crippen LogP contribution is 2.19. The first kappa shape index (κ1) is 12.1. The summed E-state index contributed by atoms with van der Waals surface area (Å²) in [5.74, 6) is 0.432. The maximum absolute atomic E-state index is 9.54. The first-order valence-corrected chi connectivity index (χ1v) is 6.02. The second kappa shape index (κ2) is 6.49. The molecule has 0 bridgehead atoms. The number of unbranched alkanes of at least 4 members (excludes halogenated alkanes) is 4. The number of aromatic hydroxyl groups is 1. The lowest BCUT2D eigenvalue weighted by atomic mass is 10.0. The molecular weight excluding hydrogens is 184 g/mol. The van der Waals surface area contributed by atoms with Gasteiger partial charge in [-0.15, -0.1) is 0 Å². The molecule has 0 atom stereocenters. The van der Waals surface area contributed by atoms with Crippen LogP contribution in [0.4, 0.5) is 0 Å². The van der Waals surface area contributed by atoms with Crippen LogP contribution >= 0.6 is 0 Å². The Balaban J connectivity index is 2.28. The molecule has 0 spiro atoms. The van der Waals surface area contributed by atoms with Gasteiger partial charge in [0.1, 0.15) is 5.75 Å². The van der Waals surface area contributed by atoms with Crippen LogP contribution in [0.25, 0.3) is 0 Å². The fourth-order valence-electron chi connectivity index (χ4n) is 1.74. The molecule has 0 unspecified atom stereocenters. The summed E-state index contributed by atoms with van der Waals surface area (Å²) in [5, 5.41) is 9.54. The highest BCUT2D eigenvalue weighted by molar-refractivity contribution is 5.35. The van der Waals surface area contributed by atoms with Crippen molar-refractivity contribution < 1.29 is 5.11 Å². The fourth-order valence-corrected chi connectivity index (χ4v) is 1.74. The van der Waals surface area contributed by atoms with Gasteiger partial charge in [-0.1, -0.05) is 44.7 Å².